The molecule has 0 fully saturated rings. The Morgan fingerprint density at radius 3 is 2.42 bits per heavy atom. The molecule has 1 atom stereocenters. The van der Waals surface area contributed by atoms with Gasteiger partial charge in [-0.05, 0) is 64.9 Å². The van der Waals surface area contributed by atoms with Crippen molar-refractivity contribution in [2.75, 3.05) is 6.61 Å². The van der Waals surface area contributed by atoms with E-state index in [0.29, 0.717) is 6.61 Å². The highest BCUT2D eigenvalue weighted by atomic mass is 127. The van der Waals surface area contributed by atoms with Crippen LogP contribution < -0.4 is 4.74 Å². The van der Waals surface area contributed by atoms with Crippen molar-refractivity contribution in [2.24, 2.45) is 0 Å². The third-order valence-electron chi connectivity index (χ3n) is 2.72. The minimum Gasteiger partial charge on any atom is -0.494 e. The number of alkyl halides is 1. The summed E-state index contributed by atoms with van der Waals surface area (Å²) in [4.78, 5) is 0.176. The highest BCUT2D eigenvalue weighted by Crippen LogP contribution is 2.37. The fourth-order valence-corrected chi connectivity index (χ4v) is 3.74. The summed E-state index contributed by atoms with van der Waals surface area (Å²) in [5, 5.41) is 0. The van der Waals surface area contributed by atoms with E-state index in [-0.39, 0.29) is 4.83 Å². The molecule has 0 heterocycles. The van der Waals surface area contributed by atoms with Crippen molar-refractivity contribution in [3.63, 3.8) is 0 Å². The van der Waals surface area contributed by atoms with E-state index in [1.165, 1.54) is 14.7 Å². The lowest BCUT2D eigenvalue weighted by Gasteiger charge is -2.14. The zero-order valence-corrected chi connectivity index (χ0v) is 15.7. The van der Waals surface area contributed by atoms with E-state index < -0.39 is 0 Å². The molecule has 0 aliphatic rings. The Morgan fingerprint density at radius 2 is 1.84 bits per heavy atom. The number of hydrogen-bond acceptors (Lipinski definition) is 1. The van der Waals surface area contributed by atoms with Crippen LogP contribution in [0.5, 0.6) is 5.75 Å². The molecule has 0 saturated carbocycles. The summed E-state index contributed by atoms with van der Waals surface area (Å²) in [6.07, 6.45) is 0. The summed E-state index contributed by atoms with van der Waals surface area (Å²) in [7, 11) is 0. The molecule has 0 radical (unpaired) electrons. The Hall–Kier alpha value is -0.0700. The predicted molar refractivity (Wildman–Crippen MR) is 95.2 cm³/mol. The first-order valence-corrected chi connectivity index (χ1v) is 8.72. The first kappa shape index (κ1) is 15.3. The molecule has 1 nitrogen and oxygen atoms in total. The molecule has 2 aromatic carbocycles. The highest BCUT2D eigenvalue weighted by molar-refractivity contribution is 14.1. The van der Waals surface area contributed by atoms with Crippen LogP contribution in [0.15, 0.2) is 46.9 Å². The van der Waals surface area contributed by atoms with Crippen LogP contribution in [0.1, 0.15) is 22.9 Å². The predicted octanol–water partition coefficient (Wildman–Crippen LogP) is 5.94. The van der Waals surface area contributed by atoms with E-state index in [9.17, 15) is 0 Å². The number of halogens is 3. The summed E-state index contributed by atoms with van der Waals surface area (Å²) in [5.41, 5.74) is 2.44. The average molecular weight is 496 g/mol. The molecule has 0 saturated heterocycles. The number of rotatable bonds is 4. The third kappa shape index (κ3) is 3.95. The lowest BCUT2D eigenvalue weighted by atomic mass is 10.0. The smallest absolute Gasteiger partial charge is 0.120 e. The second-order valence-corrected chi connectivity index (χ2v) is 7.05. The van der Waals surface area contributed by atoms with Crippen molar-refractivity contribution in [2.45, 2.75) is 11.8 Å². The highest BCUT2D eigenvalue weighted by Gasteiger charge is 2.14. The van der Waals surface area contributed by atoms with Crippen molar-refractivity contribution < 1.29 is 4.74 Å². The molecule has 1 unspecified atom stereocenters. The zero-order valence-electron chi connectivity index (χ0n) is 10.4. The van der Waals surface area contributed by atoms with Gasteiger partial charge in [-0.2, -0.15) is 0 Å². The molecular weight excluding hydrogens is 483 g/mol. The van der Waals surface area contributed by atoms with Crippen molar-refractivity contribution >= 4 is 54.5 Å². The number of hydrogen-bond donors (Lipinski definition) is 0. The fraction of sp³-hybridized carbons (Fsp3) is 0.200. The molecule has 0 amide bonds. The molecule has 0 N–H and O–H groups in total. The molecule has 100 valence electrons. The van der Waals surface area contributed by atoms with Crippen molar-refractivity contribution in [1.29, 1.82) is 0 Å². The van der Waals surface area contributed by atoms with E-state index in [4.69, 9.17) is 4.74 Å². The maximum absolute atomic E-state index is 5.50. The normalized spacial score (nSPS) is 12.2. The minimum absolute atomic E-state index is 0.176. The summed E-state index contributed by atoms with van der Waals surface area (Å²) in [5.74, 6) is 0.889. The zero-order chi connectivity index (χ0) is 13.8. The van der Waals surface area contributed by atoms with E-state index in [1.807, 2.05) is 19.1 Å². The van der Waals surface area contributed by atoms with Crippen LogP contribution in [0, 0.1) is 3.57 Å². The molecule has 2 aromatic rings. The SMILES string of the molecule is CCOc1ccc(C(Br)c2ccc(I)cc2)c(Br)c1. The maximum atomic E-state index is 5.50. The number of benzene rings is 2. The lowest BCUT2D eigenvalue weighted by Crippen LogP contribution is -1.96. The van der Waals surface area contributed by atoms with E-state index in [1.54, 1.807) is 0 Å². The van der Waals surface area contributed by atoms with Crippen LogP contribution in [-0.2, 0) is 0 Å². The lowest BCUT2D eigenvalue weighted by molar-refractivity contribution is 0.340. The van der Waals surface area contributed by atoms with E-state index in [2.05, 4.69) is 84.8 Å². The van der Waals surface area contributed by atoms with Crippen LogP contribution in [0.25, 0.3) is 0 Å². The number of ether oxygens (including phenoxy) is 1. The van der Waals surface area contributed by atoms with E-state index in [0.717, 1.165) is 10.2 Å². The average Bonchev–Trinajstić information content (AvgIpc) is 2.39. The Kier molecular flexibility index (Phi) is 5.71. The molecular formula is C15H13Br2IO. The molecule has 0 spiro atoms. The van der Waals surface area contributed by atoms with Gasteiger partial charge in [0.25, 0.3) is 0 Å². The molecule has 19 heavy (non-hydrogen) atoms. The molecule has 0 bridgehead atoms. The van der Waals surface area contributed by atoms with Crippen LogP contribution in [-0.4, -0.2) is 6.61 Å². The van der Waals surface area contributed by atoms with Crippen LogP contribution in [0.3, 0.4) is 0 Å². The van der Waals surface area contributed by atoms with Gasteiger partial charge in [0.1, 0.15) is 5.75 Å². The Bertz CT molecular complexity index is 555. The van der Waals surface area contributed by atoms with Crippen LogP contribution in [0.4, 0.5) is 0 Å². The first-order chi connectivity index (χ1) is 9.11. The standard InChI is InChI=1S/C15H13Br2IO/c1-2-19-12-7-8-13(14(16)9-12)15(17)10-3-5-11(18)6-4-10/h3-9,15H,2H2,1H3. The van der Waals surface area contributed by atoms with Gasteiger partial charge in [0.15, 0.2) is 0 Å². The van der Waals surface area contributed by atoms with Gasteiger partial charge in [-0.3, -0.25) is 0 Å². The molecule has 0 aliphatic carbocycles. The van der Waals surface area contributed by atoms with Gasteiger partial charge in [0.05, 0.1) is 11.4 Å². The summed E-state index contributed by atoms with van der Waals surface area (Å²) >= 11 is 9.69. The largest absolute Gasteiger partial charge is 0.494 e. The Morgan fingerprint density at radius 1 is 1.16 bits per heavy atom. The second kappa shape index (κ2) is 7.09. The van der Waals surface area contributed by atoms with Gasteiger partial charge in [-0.1, -0.05) is 50.1 Å². The van der Waals surface area contributed by atoms with Gasteiger partial charge in [-0.25, -0.2) is 0 Å². The fourth-order valence-electron chi connectivity index (χ4n) is 1.78. The van der Waals surface area contributed by atoms with Crippen LogP contribution >= 0.6 is 54.5 Å². The topological polar surface area (TPSA) is 9.23 Å². The Labute approximate surface area is 144 Å². The summed E-state index contributed by atoms with van der Waals surface area (Å²) < 4.78 is 7.79. The molecule has 2 rings (SSSR count). The monoisotopic (exact) mass is 494 g/mol. The molecule has 0 aliphatic heterocycles. The van der Waals surface area contributed by atoms with Gasteiger partial charge < -0.3 is 4.74 Å². The van der Waals surface area contributed by atoms with E-state index >= 15 is 0 Å². The molecule has 4 heteroatoms. The minimum atomic E-state index is 0.176. The van der Waals surface area contributed by atoms with Gasteiger partial charge >= 0.3 is 0 Å². The van der Waals surface area contributed by atoms with Crippen molar-refractivity contribution in [3.05, 3.63) is 61.6 Å². The van der Waals surface area contributed by atoms with Gasteiger partial charge in [0.2, 0.25) is 0 Å². The van der Waals surface area contributed by atoms with Gasteiger partial charge in [-0.15, -0.1) is 0 Å². The van der Waals surface area contributed by atoms with Crippen molar-refractivity contribution in [1.82, 2.24) is 0 Å². The Balaban J connectivity index is 2.28. The quantitative estimate of drug-likeness (QED) is 0.377. The first-order valence-electron chi connectivity index (χ1n) is 5.93. The second-order valence-electron chi connectivity index (χ2n) is 4.03. The summed E-state index contributed by atoms with van der Waals surface area (Å²) in [6.45, 7) is 2.67. The third-order valence-corrected chi connectivity index (χ3v) is 5.15. The molecule has 0 aromatic heterocycles. The van der Waals surface area contributed by atoms with Crippen molar-refractivity contribution in [3.8, 4) is 5.75 Å². The van der Waals surface area contributed by atoms with Gasteiger partial charge in [0, 0.05) is 8.04 Å². The summed E-state index contributed by atoms with van der Waals surface area (Å²) in [6, 6.07) is 14.6. The maximum Gasteiger partial charge on any atom is 0.120 e. The van der Waals surface area contributed by atoms with Crippen LogP contribution in [0.2, 0.25) is 0 Å².